The van der Waals surface area contributed by atoms with E-state index in [9.17, 15) is 21.4 Å². The first-order valence-corrected chi connectivity index (χ1v) is 7.85. The summed E-state index contributed by atoms with van der Waals surface area (Å²) in [5.74, 6) is -0.137. The zero-order valence-corrected chi connectivity index (χ0v) is 13.9. The van der Waals surface area contributed by atoms with Crippen LogP contribution in [0.2, 0.25) is 5.02 Å². The van der Waals surface area contributed by atoms with E-state index in [1.54, 1.807) is 0 Å². The van der Waals surface area contributed by atoms with Crippen molar-refractivity contribution in [3.63, 3.8) is 0 Å². The third-order valence-corrected chi connectivity index (χ3v) is 4.34. The molecule has 0 saturated heterocycles. The fourth-order valence-electron chi connectivity index (χ4n) is 1.79. The van der Waals surface area contributed by atoms with Gasteiger partial charge in [-0.3, -0.25) is 0 Å². The first-order chi connectivity index (χ1) is 11.1. The lowest BCUT2D eigenvalue weighted by Crippen LogP contribution is -2.08. The van der Waals surface area contributed by atoms with Crippen molar-refractivity contribution in [1.29, 1.82) is 0 Å². The average molecular weight is 388 g/mol. The van der Waals surface area contributed by atoms with Crippen LogP contribution >= 0.6 is 22.5 Å². The van der Waals surface area contributed by atoms with Gasteiger partial charge in [0.25, 0.3) is 0 Å². The zero-order valence-electron chi connectivity index (χ0n) is 12.4. The van der Waals surface area contributed by atoms with Crippen molar-refractivity contribution >= 4 is 27.6 Å². The predicted octanol–water partition coefficient (Wildman–Crippen LogP) is 4.72. The molecule has 0 N–H and O–H groups in total. The van der Waals surface area contributed by atoms with E-state index < -0.39 is 27.7 Å². The first kappa shape index (κ1) is 18.8. The molecule has 0 aliphatic carbocycles. The van der Waals surface area contributed by atoms with Crippen molar-refractivity contribution in [3.05, 3.63) is 34.7 Å². The summed E-state index contributed by atoms with van der Waals surface area (Å²) in [5, 5.41) is 2.69. The second-order valence-electron chi connectivity index (χ2n) is 4.57. The number of pyridine rings is 1. The molecule has 0 aliphatic heterocycles. The third-order valence-electron chi connectivity index (χ3n) is 2.84. The van der Waals surface area contributed by atoms with E-state index in [1.165, 1.54) is 7.11 Å². The minimum atomic E-state index is -4.60. The summed E-state index contributed by atoms with van der Waals surface area (Å²) in [6, 6.07) is 0.684. The molecule has 0 aromatic carbocycles. The molecule has 2 heterocycles. The number of halogens is 6. The number of aromatic nitrogens is 3. The second-order valence-corrected chi connectivity index (χ2v) is 6.49. The molecule has 0 amide bonds. The molecule has 11 heteroatoms. The Morgan fingerprint density at radius 3 is 2.58 bits per heavy atom. The summed E-state index contributed by atoms with van der Waals surface area (Å²) in [6.07, 6.45) is -2.89. The predicted molar refractivity (Wildman–Crippen MR) is 80.8 cm³/mol. The van der Waals surface area contributed by atoms with Gasteiger partial charge in [-0.25, -0.2) is 14.1 Å². The van der Waals surface area contributed by atoms with Crippen LogP contribution in [0.1, 0.15) is 18.2 Å². The van der Waals surface area contributed by atoms with Crippen LogP contribution in [0.5, 0.6) is 0 Å². The Morgan fingerprint density at radius 2 is 2.08 bits per heavy atom. The van der Waals surface area contributed by atoms with Crippen LogP contribution in [-0.2, 0) is 17.5 Å². The molecule has 2 aromatic rings. The van der Waals surface area contributed by atoms with Crippen molar-refractivity contribution in [3.8, 4) is 5.82 Å². The molecular weight excluding hydrogens is 377 g/mol. The Morgan fingerprint density at radius 1 is 1.42 bits per heavy atom. The van der Waals surface area contributed by atoms with Gasteiger partial charge in [-0.1, -0.05) is 11.6 Å². The minimum absolute atomic E-state index is 0.0883. The molecule has 2 rings (SSSR count). The molecule has 1 atom stereocenters. The lowest BCUT2D eigenvalue weighted by atomic mass is 10.3. The number of methoxy groups -OCH3 is 1. The van der Waals surface area contributed by atoms with Crippen molar-refractivity contribution in [1.82, 2.24) is 14.8 Å². The summed E-state index contributed by atoms with van der Waals surface area (Å²) in [6.45, 7) is 0.863. The highest BCUT2D eigenvalue weighted by molar-refractivity contribution is 8.11. The van der Waals surface area contributed by atoms with E-state index in [-0.39, 0.29) is 28.0 Å². The zero-order chi connectivity index (χ0) is 18.1. The van der Waals surface area contributed by atoms with Gasteiger partial charge in [0, 0.05) is 19.5 Å². The van der Waals surface area contributed by atoms with Crippen LogP contribution < -0.4 is 0 Å². The average Bonchev–Trinajstić information content (AvgIpc) is 2.89. The van der Waals surface area contributed by atoms with Gasteiger partial charge in [0.15, 0.2) is 10.9 Å². The quantitative estimate of drug-likeness (QED) is 0.433. The standard InChI is InChI=1S/C13H11ClF5N3OS/c1-7(15)24(19)11-5-22(21-10(11)6-23-2)12-9(14)3-8(4-20-12)13(16,17)18/h3-5H,6H2,1-2H3. The lowest BCUT2D eigenvalue weighted by molar-refractivity contribution is -0.137. The Kier molecular flexibility index (Phi) is 5.61. The Hall–Kier alpha value is -1.52. The summed E-state index contributed by atoms with van der Waals surface area (Å²) in [4.78, 5) is 3.53. The van der Waals surface area contributed by atoms with Gasteiger partial charge >= 0.3 is 6.18 Å². The van der Waals surface area contributed by atoms with Crippen LogP contribution in [0.3, 0.4) is 0 Å². The largest absolute Gasteiger partial charge is 0.417 e. The first-order valence-electron chi connectivity index (χ1n) is 6.35. The van der Waals surface area contributed by atoms with Crippen molar-refractivity contribution in [2.75, 3.05) is 7.11 Å². The Labute approximate surface area is 141 Å². The van der Waals surface area contributed by atoms with E-state index in [0.29, 0.717) is 12.3 Å². The SMILES string of the molecule is COCc1nn(-c2ncc(C(F)(F)F)cc2Cl)cc1/S(F)=C(/C)F. The number of rotatable bonds is 4. The Balaban J connectivity index is 2.54. The van der Waals surface area contributed by atoms with Gasteiger partial charge < -0.3 is 4.74 Å². The number of nitrogens with zero attached hydrogens (tertiary/aromatic N) is 3. The number of hydrogen-bond acceptors (Lipinski definition) is 3. The normalized spacial score (nSPS) is 13.9. The molecule has 0 spiro atoms. The van der Waals surface area contributed by atoms with Gasteiger partial charge in [-0.05, 0) is 13.0 Å². The summed E-state index contributed by atoms with van der Waals surface area (Å²) >= 11 is 5.83. The topological polar surface area (TPSA) is 39.9 Å². The maximum Gasteiger partial charge on any atom is 0.417 e. The maximum atomic E-state index is 14.0. The second kappa shape index (κ2) is 7.16. The molecule has 0 aliphatic rings. The van der Waals surface area contributed by atoms with Crippen LogP contribution in [0.4, 0.5) is 21.4 Å². The van der Waals surface area contributed by atoms with E-state index in [1.807, 2.05) is 0 Å². The molecule has 0 saturated carbocycles. The Bertz CT molecular complexity index is 786. The molecule has 1 unspecified atom stereocenters. The summed E-state index contributed by atoms with van der Waals surface area (Å²) in [5.41, 5.74) is -0.933. The van der Waals surface area contributed by atoms with Gasteiger partial charge in [0.1, 0.15) is 5.69 Å². The fourth-order valence-corrected chi connectivity index (χ4v) is 2.85. The summed E-state index contributed by atoms with van der Waals surface area (Å²) < 4.78 is 71.0. The number of hydrogen-bond donors (Lipinski definition) is 0. The third kappa shape index (κ3) is 3.93. The molecule has 0 bridgehead atoms. The highest BCUT2D eigenvalue weighted by Crippen LogP contribution is 2.35. The van der Waals surface area contributed by atoms with Crippen molar-refractivity contribution in [2.24, 2.45) is 0 Å². The van der Waals surface area contributed by atoms with Crippen LogP contribution in [-0.4, -0.2) is 27.0 Å². The minimum Gasteiger partial charge on any atom is -0.378 e. The van der Waals surface area contributed by atoms with Gasteiger partial charge in [-0.2, -0.15) is 22.2 Å². The summed E-state index contributed by atoms with van der Waals surface area (Å²) in [7, 11) is -0.999. The van der Waals surface area contributed by atoms with E-state index >= 15 is 0 Å². The van der Waals surface area contributed by atoms with Crippen LogP contribution in [0.25, 0.3) is 5.82 Å². The molecule has 0 fully saturated rings. The maximum absolute atomic E-state index is 14.0. The monoisotopic (exact) mass is 387 g/mol. The van der Waals surface area contributed by atoms with E-state index in [4.69, 9.17) is 16.3 Å². The van der Waals surface area contributed by atoms with Crippen LogP contribution in [0.15, 0.2) is 23.4 Å². The van der Waals surface area contributed by atoms with Gasteiger partial charge in [-0.15, -0.1) is 0 Å². The molecular formula is C13H11ClF5N3OS. The molecule has 4 nitrogen and oxygen atoms in total. The smallest absolute Gasteiger partial charge is 0.378 e. The molecule has 0 radical (unpaired) electrons. The number of ether oxygens (including phenoxy) is 1. The van der Waals surface area contributed by atoms with Gasteiger partial charge in [0.2, 0.25) is 0 Å². The molecule has 2 aromatic heterocycles. The fraction of sp³-hybridized carbons (Fsp3) is 0.308. The lowest BCUT2D eigenvalue weighted by Gasteiger charge is -2.08. The molecule has 24 heavy (non-hydrogen) atoms. The molecule has 132 valence electrons. The van der Waals surface area contributed by atoms with E-state index in [2.05, 4.69) is 10.1 Å². The highest BCUT2D eigenvalue weighted by Gasteiger charge is 2.32. The van der Waals surface area contributed by atoms with Gasteiger partial charge in [0.05, 0.1) is 33.0 Å². The highest BCUT2D eigenvalue weighted by atomic mass is 35.5. The number of alkyl halides is 3. The van der Waals surface area contributed by atoms with Crippen LogP contribution in [0, 0.1) is 0 Å². The van der Waals surface area contributed by atoms with E-state index in [0.717, 1.165) is 17.8 Å². The van der Waals surface area contributed by atoms with Crippen molar-refractivity contribution < 1.29 is 26.2 Å². The van der Waals surface area contributed by atoms with Crippen molar-refractivity contribution in [2.45, 2.75) is 24.6 Å².